The molecule has 1 N–H and O–H groups in total. The number of thiophene rings is 1. The first-order valence-electron chi connectivity index (χ1n) is 6.37. The number of aromatic nitrogens is 1. The second kappa shape index (κ2) is 7.24. The summed E-state index contributed by atoms with van der Waals surface area (Å²) in [7, 11) is 0. The fraction of sp³-hybridized carbons (Fsp3) is 0.429. The largest absolute Gasteiger partial charge is 0.349 e. The predicted molar refractivity (Wildman–Crippen MR) is 88.6 cm³/mol. The number of hydrogen-bond acceptors (Lipinski definition) is 5. The molecule has 1 amide bonds. The Balaban J connectivity index is 1.77. The van der Waals surface area contributed by atoms with Gasteiger partial charge in [0, 0.05) is 20.9 Å². The smallest absolute Gasteiger partial charge is 0.230 e. The van der Waals surface area contributed by atoms with E-state index in [1.807, 2.05) is 17.8 Å². The lowest BCUT2D eigenvalue weighted by Crippen LogP contribution is -2.28. The van der Waals surface area contributed by atoms with E-state index < -0.39 is 0 Å². The molecule has 0 aliphatic rings. The highest BCUT2D eigenvalue weighted by Crippen LogP contribution is 2.26. The standard InChI is InChI=1S/C14H18N2OS3/c1-9-4-13(11(3)20-9)10(2)16-14(17)7-18-5-12-6-19-8-15-12/h4,6,8,10H,5,7H2,1-3H3,(H,16,17)/t10-/m1/s1. The van der Waals surface area contributed by atoms with Gasteiger partial charge in [-0.15, -0.1) is 34.4 Å². The van der Waals surface area contributed by atoms with Gasteiger partial charge in [0.25, 0.3) is 0 Å². The Labute approximate surface area is 131 Å². The fourth-order valence-corrected chi connectivity index (χ4v) is 4.42. The lowest BCUT2D eigenvalue weighted by atomic mass is 10.1. The van der Waals surface area contributed by atoms with Crippen LogP contribution in [0.4, 0.5) is 0 Å². The van der Waals surface area contributed by atoms with E-state index in [9.17, 15) is 4.79 Å². The van der Waals surface area contributed by atoms with Crippen LogP contribution in [0.5, 0.6) is 0 Å². The minimum Gasteiger partial charge on any atom is -0.349 e. The van der Waals surface area contributed by atoms with E-state index >= 15 is 0 Å². The van der Waals surface area contributed by atoms with Gasteiger partial charge < -0.3 is 5.32 Å². The van der Waals surface area contributed by atoms with Gasteiger partial charge in [-0.1, -0.05) is 0 Å². The monoisotopic (exact) mass is 326 g/mol. The van der Waals surface area contributed by atoms with Crippen LogP contribution in [0.3, 0.4) is 0 Å². The zero-order valence-electron chi connectivity index (χ0n) is 11.8. The molecule has 108 valence electrons. The lowest BCUT2D eigenvalue weighted by Gasteiger charge is -2.13. The van der Waals surface area contributed by atoms with Gasteiger partial charge in [0.15, 0.2) is 0 Å². The van der Waals surface area contributed by atoms with E-state index in [0.29, 0.717) is 5.75 Å². The average molecular weight is 327 g/mol. The number of aryl methyl sites for hydroxylation is 2. The molecule has 3 nitrogen and oxygen atoms in total. The second-order valence-corrected chi connectivity index (χ2v) is 7.80. The van der Waals surface area contributed by atoms with Crippen molar-refractivity contribution in [1.29, 1.82) is 0 Å². The summed E-state index contributed by atoms with van der Waals surface area (Å²) < 4.78 is 0. The molecule has 0 saturated carbocycles. The number of nitrogens with one attached hydrogen (secondary N) is 1. The molecule has 0 unspecified atom stereocenters. The number of hydrogen-bond donors (Lipinski definition) is 1. The molecule has 20 heavy (non-hydrogen) atoms. The van der Waals surface area contributed by atoms with E-state index in [4.69, 9.17) is 0 Å². The molecule has 0 saturated heterocycles. The van der Waals surface area contributed by atoms with Crippen LogP contribution in [0, 0.1) is 13.8 Å². The molecule has 0 radical (unpaired) electrons. The molecule has 0 aliphatic carbocycles. The lowest BCUT2D eigenvalue weighted by molar-refractivity contribution is -0.119. The van der Waals surface area contributed by atoms with Gasteiger partial charge in [0.1, 0.15) is 0 Å². The van der Waals surface area contributed by atoms with E-state index in [1.54, 1.807) is 34.4 Å². The molecule has 0 fully saturated rings. The molecule has 1 atom stereocenters. The third-order valence-corrected chi connectivity index (χ3v) is 5.47. The first-order valence-corrected chi connectivity index (χ1v) is 9.28. The predicted octanol–water partition coefficient (Wildman–Crippen LogP) is 3.93. The average Bonchev–Trinajstić information content (AvgIpc) is 2.99. The number of thiazole rings is 1. The number of carbonyl (C=O) groups excluding carboxylic acids is 1. The van der Waals surface area contributed by atoms with Crippen molar-refractivity contribution >= 4 is 40.3 Å². The van der Waals surface area contributed by atoms with E-state index in [2.05, 4.69) is 30.2 Å². The van der Waals surface area contributed by atoms with Gasteiger partial charge in [-0.3, -0.25) is 4.79 Å². The summed E-state index contributed by atoms with van der Waals surface area (Å²) in [6, 6.07) is 2.24. The van der Waals surface area contributed by atoms with Crippen LogP contribution in [0.25, 0.3) is 0 Å². The Kier molecular flexibility index (Phi) is 5.63. The van der Waals surface area contributed by atoms with Crippen LogP contribution in [0.2, 0.25) is 0 Å². The molecule has 2 aromatic heterocycles. The van der Waals surface area contributed by atoms with Crippen molar-refractivity contribution in [2.24, 2.45) is 0 Å². The van der Waals surface area contributed by atoms with Crippen molar-refractivity contribution in [3.63, 3.8) is 0 Å². The number of carbonyl (C=O) groups is 1. The number of nitrogens with zero attached hydrogens (tertiary/aromatic N) is 1. The minimum absolute atomic E-state index is 0.0762. The quantitative estimate of drug-likeness (QED) is 0.874. The van der Waals surface area contributed by atoms with Crippen LogP contribution >= 0.6 is 34.4 Å². The summed E-state index contributed by atoms with van der Waals surface area (Å²) >= 11 is 4.96. The van der Waals surface area contributed by atoms with Gasteiger partial charge in [-0.2, -0.15) is 0 Å². The van der Waals surface area contributed by atoms with Gasteiger partial charge in [-0.25, -0.2) is 4.98 Å². The van der Waals surface area contributed by atoms with Crippen molar-refractivity contribution in [3.8, 4) is 0 Å². The third-order valence-electron chi connectivity index (χ3n) is 2.89. The first-order chi connectivity index (χ1) is 9.56. The van der Waals surface area contributed by atoms with Crippen molar-refractivity contribution in [3.05, 3.63) is 38.0 Å². The number of amides is 1. The first kappa shape index (κ1) is 15.5. The van der Waals surface area contributed by atoms with E-state index in [0.717, 1.165) is 11.4 Å². The molecular weight excluding hydrogens is 308 g/mol. The molecule has 0 spiro atoms. The minimum atomic E-state index is 0.0762. The van der Waals surface area contributed by atoms with E-state index in [-0.39, 0.29) is 11.9 Å². The number of rotatable bonds is 6. The second-order valence-electron chi connectivity index (χ2n) is 4.63. The zero-order valence-corrected chi connectivity index (χ0v) is 14.3. The Morgan fingerprint density at radius 1 is 1.50 bits per heavy atom. The van der Waals surface area contributed by atoms with E-state index in [1.165, 1.54) is 15.3 Å². The maximum Gasteiger partial charge on any atom is 0.230 e. The maximum absolute atomic E-state index is 11.9. The highest BCUT2D eigenvalue weighted by molar-refractivity contribution is 7.99. The Morgan fingerprint density at radius 3 is 2.90 bits per heavy atom. The van der Waals surface area contributed by atoms with Crippen molar-refractivity contribution < 1.29 is 4.79 Å². The van der Waals surface area contributed by atoms with Crippen molar-refractivity contribution in [2.75, 3.05) is 5.75 Å². The van der Waals surface area contributed by atoms with Crippen LogP contribution < -0.4 is 5.32 Å². The maximum atomic E-state index is 11.9. The topological polar surface area (TPSA) is 42.0 Å². The Bertz CT molecular complexity index is 563. The summed E-state index contributed by atoms with van der Waals surface area (Å²) in [6.07, 6.45) is 0. The normalized spacial score (nSPS) is 12.3. The highest BCUT2D eigenvalue weighted by atomic mass is 32.2. The van der Waals surface area contributed by atoms with Crippen LogP contribution in [-0.4, -0.2) is 16.6 Å². The molecule has 2 rings (SSSR count). The zero-order chi connectivity index (χ0) is 14.5. The van der Waals surface area contributed by atoms with Gasteiger partial charge in [-0.05, 0) is 32.4 Å². The summed E-state index contributed by atoms with van der Waals surface area (Å²) in [5, 5.41) is 5.08. The fourth-order valence-electron chi connectivity index (χ4n) is 2.00. The highest BCUT2D eigenvalue weighted by Gasteiger charge is 2.13. The van der Waals surface area contributed by atoms with Crippen LogP contribution in [-0.2, 0) is 10.5 Å². The third kappa shape index (κ3) is 4.33. The summed E-state index contributed by atoms with van der Waals surface area (Å²) in [5.74, 6) is 1.35. The number of thioether (sulfide) groups is 1. The van der Waals surface area contributed by atoms with Crippen molar-refractivity contribution in [2.45, 2.75) is 32.6 Å². The van der Waals surface area contributed by atoms with Crippen LogP contribution in [0.15, 0.2) is 17.0 Å². The molecule has 0 aromatic carbocycles. The van der Waals surface area contributed by atoms with Crippen molar-refractivity contribution in [1.82, 2.24) is 10.3 Å². The molecule has 0 bridgehead atoms. The SMILES string of the molecule is Cc1cc([C@@H](C)NC(=O)CSCc2cscn2)c(C)s1. The van der Waals surface area contributed by atoms with Gasteiger partial charge >= 0.3 is 0 Å². The van der Waals surface area contributed by atoms with Gasteiger partial charge in [0.2, 0.25) is 5.91 Å². The Morgan fingerprint density at radius 2 is 2.30 bits per heavy atom. The molecule has 2 heterocycles. The summed E-state index contributed by atoms with van der Waals surface area (Å²) in [4.78, 5) is 18.7. The molecular formula is C14H18N2OS3. The Hall–Kier alpha value is -0.850. The molecule has 6 heteroatoms. The van der Waals surface area contributed by atoms with Crippen LogP contribution in [0.1, 0.15) is 34.0 Å². The van der Waals surface area contributed by atoms with Gasteiger partial charge in [0.05, 0.1) is 23.0 Å². The summed E-state index contributed by atoms with van der Waals surface area (Å²) in [6.45, 7) is 6.24. The molecule has 0 aliphatic heterocycles. The molecule has 2 aromatic rings. The summed E-state index contributed by atoms with van der Waals surface area (Å²) in [5.41, 5.74) is 4.09.